The number of carboxylic acids is 1. The van der Waals surface area contributed by atoms with Crippen LogP contribution in [0.1, 0.15) is 59.3 Å². The largest absolute Gasteiger partial charge is 0.481 e. The lowest BCUT2D eigenvalue weighted by molar-refractivity contribution is -0.165. The Labute approximate surface area is 109 Å². The second-order valence-electron chi connectivity index (χ2n) is 8.51. The second kappa shape index (κ2) is 3.12. The lowest BCUT2D eigenvalue weighted by atomic mass is 9.49. The molecule has 0 aromatic carbocycles. The van der Waals surface area contributed by atoms with E-state index < -0.39 is 17.5 Å². The first kappa shape index (κ1) is 12.5. The van der Waals surface area contributed by atoms with Gasteiger partial charge < -0.3 is 10.2 Å². The number of carboxylic acid groups (broad SMARTS) is 1. The minimum absolute atomic E-state index is 0.0891. The van der Waals surface area contributed by atoms with Gasteiger partial charge in [0.2, 0.25) is 0 Å². The van der Waals surface area contributed by atoms with Crippen molar-refractivity contribution in [3.63, 3.8) is 0 Å². The third kappa shape index (κ3) is 1.63. The molecule has 0 amide bonds. The van der Waals surface area contributed by atoms with Gasteiger partial charge in [-0.3, -0.25) is 4.79 Å². The number of carbonyl (C=O) groups is 1. The summed E-state index contributed by atoms with van der Waals surface area (Å²) in [5.74, 6) is -1.38. The molecule has 0 aromatic rings. The molecule has 0 saturated heterocycles. The summed E-state index contributed by atoms with van der Waals surface area (Å²) in [4.78, 5) is 11.6. The highest BCUT2D eigenvalue weighted by Crippen LogP contribution is 2.69. The third-order valence-corrected chi connectivity index (χ3v) is 5.67. The zero-order chi connectivity index (χ0) is 13.4. The highest BCUT2D eigenvalue weighted by atomic mass is 16.4. The average molecular weight is 252 g/mol. The van der Waals surface area contributed by atoms with Crippen LogP contribution in [0, 0.1) is 22.2 Å². The van der Waals surface area contributed by atoms with Crippen molar-refractivity contribution in [3.8, 4) is 0 Å². The molecule has 4 rings (SSSR count). The van der Waals surface area contributed by atoms with Crippen LogP contribution in [0.4, 0.5) is 0 Å². The van der Waals surface area contributed by atoms with Crippen LogP contribution in [0.25, 0.3) is 0 Å². The fourth-order valence-electron chi connectivity index (χ4n) is 6.46. The van der Waals surface area contributed by atoms with E-state index in [1.165, 1.54) is 0 Å². The number of hydrogen-bond donors (Lipinski definition) is 2. The molecule has 3 nitrogen and oxygen atoms in total. The first-order valence-electron chi connectivity index (χ1n) is 7.03. The van der Waals surface area contributed by atoms with Gasteiger partial charge in [0.15, 0.2) is 0 Å². The van der Waals surface area contributed by atoms with Crippen LogP contribution in [0.5, 0.6) is 0 Å². The van der Waals surface area contributed by atoms with Crippen molar-refractivity contribution in [2.75, 3.05) is 0 Å². The van der Waals surface area contributed by atoms with Crippen LogP contribution in [0.15, 0.2) is 0 Å². The van der Waals surface area contributed by atoms with Crippen molar-refractivity contribution in [3.05, 3.63) is 0 Å². The van der Waals surface area contributed by atoms with Crippen LogP contribution < -0.4 is 0 Å². The summed E-state index contributed by atoms with van der Waals surface area (Å²) in [6.45, 7) is 6.73. The molecule has 0 radical (unpaired) electrons. The molecular weight excluding hydrogens is 228 g/mol. The third-order valence-electron chi connectivity index (χ3n) is 5.67. The van der Waals surface area contributed by atoms with E-state index in [2.05, 4.69) is 20.8 Å². The number of rotatable bonds is 1. The SMILES string of the molecule is CC12C[C@@H](C(=O)O)C3(O)C[C@](C)(C1)C[C@@](C)(C2)C3. The van der Waals surface area contributed by atoms with Crippen LogP contribution in [0.3, 0.4) is 0 Å². The Bertz CT molecular complexity index is 396. The number of hydrogen-bond acceptors (Lipinski definition) is 2. The molecule has 0 aromatic heterocycles. The molecule has 4 aliphatic carbocycles. The summed E-state index contributed by atoms with van der Waals surface area (Å²) in [5, 5.41) is 20.5. The van der Waals surface area contributed by atoms with E-state index in [1.807, 2.05) is 0 Å². The fourth-order valence-corrected chi connectivity index (χ4v) is 6.46. The molecule has 3 heteroatoms. The maximum absolute atomic E-state index is 11.6. The quantitative estimate of drug-likeness (QED) is 0.754. The van der Waals surface area contributed by atoms with E-state index >= 15 is 0 Å². The van der Waals surface area contributed by atoms with E-state index in [0.29, 0.717) is 19.3 Å². The van der Waals surface area contributed by atoms with Crippen LogP contribution in [-0.2, 0) is 4.79 Å². The Morgan fingerprint density at radius 3 is 1.83 bits per heavy atom. The Morgan fingerprint density at radius 2 is 1.39 bits per heavy atom. The van der Waals surface area contributed by atoms with Gasteiger partial charge in [-0.15, -0.1) is 0 Å². The molecular formula is C15H24O3. The van der Waals surface area contributed by atoms with Gasteiger partial charge in [-0.2, -0.15) is 0 Å². The van der Waals surface area contributed by atoms with Crippen molar-refractivity contribution < 1.29 is 15.0 Å². The van der Waals surface area contributed by atoms with Crippen LogP contribution in [0.2, 0.25) is 0 Å². The van der Waals surface area contributed by atoms with E-state index in [1.54, 1.807) is 0 Å². The van der Waals surface area contributed by atoms with Gasteiger partial charge in [0.05, 0.1) is 11.5 Å². The monoisotopic (exact) mass is 252 g/mol. The van der Waals surface area contributed by atoms with Gasteiger partial charge >= 0.3 is 5.97 Å². The Hall–Kier alpha value is -0.570. The molecule has 0 spiro atoms. The second-order valence-corrected chi connectivity index (χ2v) is 8.51. The molecule has 4 aliphatic rings. The molecule has 4 fully saturated rings. The van der Waals surface area contributed by atoms with Crippen LogP contribution >= 0.6 is 0 Å². The smallest absolute Gasteiger partial charge is 0.309 e. The summed E-state index contributed by atoms with van der Waals surface area (Å²) in [7, 11) is 0. The summed E-state index contributed by atoms with van der Waals surface area (Å²) < 4.78 is 0. The predicted octanol–water partition coefficient (Wildman–Crippen LogP) is 2.82. The highest BCUT2D eigenvalue weighted by molar-refractivity contribution is 5.72. The molecule has 102 valence electrons. The number of aliphatic carboxylic acids is 1. The number of fused-ring (bicyclic) bond motifs is 1. The van der Waals surface area contributed by atoms with Crippen molar-refractivity contribution in [2.45, 2.75) is 64.9 Å². The maximum atomic E-state index is 11.6. The Morgan fingerprint density at radius 1 is 0.944 bits per heavy atom. The molecule has 3 atom stereocenters. The van der Waals surface area contributed by atoms with Gasteiger partial charge in [0.1, 0.15) is 0 Å². The fraction of sp³-hybridized carbons (Fsp3) is 0.933. The molecule has 0 unspecified atom stereocenters. The molecule has 0 aliphatic heterocycles. The van der Waals surface area contributed by atoms with E-state index in [0.717, 1.165) is 19.3 Å². The normalized spacial score (nSPS) is 58.6. The minimum Gasteiger partial charge on any atom is -0.481 e. The summed E-state index contributed by atoms with van der Waals surface area (Å²) in [6, 6.07) is 0. The average Bonchev–Trinajstić information content (AvgIpc) is 2.16. The Kier molecular flexibility index (Phi) is 2.16. The lowest BCUT2D eigenvalue weighted by Crippen LogP contribution is -2.53. The zero-order valence-corrected chi connectivity index (χ0v) is 11.6. The van der Waals surface area contributed by atoms with Crippen molar-refractivity contribution in [1.29, 1.82) is 0 Å². The van der Waals surface area contributed by atoms with E-state index in [4.69, 9.17) is 0 Å². The van der Waals surface area contributed by atoms with Gasteiger partial charge in [-0.05, 0) is 54.8 Å². The first-order chi connectivity index (χ1) is 8.07. The van der Waals surface area contributed by atoms with Crippen molar-refractivity contribution in [1.82, 2.24) is 0 Å². The molecule has 18 heavy (non-hydrogen) atoms. The van der Waals surface area contributed by atoms with Gasteiger partial charge in [0.25, 0.3) is 0 Å². The molecule has 4 saturated carbocycles. The highest BCUT2D eigenvalue weighted by Gasteiger charge is 2.64. The molecule has 4 bridgehead atoms. The van der Waals surface area contributed by atoms with Crippen molar-refractivity contribution >= 4 is 5.97 Å². The first-order valence-corrected chi connectivity index (χ1v) is 7.03. The van der Waals surface area contributed by atoms with Crippen molar-refractivity contribution in [2.24, 2.45) is 22.2 Å². The van der Waals surface area contributed by atoms with E-state index in [-0.39, 0.29) is 16.2 Å². The standard InChI is InChI=1S/C15H24O3/c1-12-4-10(11(16)17)15(18)8-13(2,5-12)7-14(3,6-12)9-15/h10,18H,4-9H2,1-3H3,(H,16,17)/t10-,12?,13+,14+,15?/m0/s1. The topological polar surface area (TPSA) is 57.5 Å². The van der Waals surface area contributed by atoms with Gasteiger partial charge in [-0.1, -0.05) is 20.8 Å². The van der Waals surface area contributed by atoms with Gasteiger partial charge in [0, 0.05) is 0 Å². The minimum atomic E-state index is -0.984. The summed E-state index contributed by atoms with van der Waals surface area (Å²) in [5.41, 5.74) is -0.647. The summed E-state index contributed by atoms with van der Waals surface area (Å²) >= 11 is 0. The predicted molar refractivity (Wildman–Crippen MR) is 68.1 cm³/mol. The Balaban J connectivity index is 2.13. The van der Waals surface area contributed by atoms with E-state index in [9.17, 15) is 15.0 Å². The maximum Gasteiger partial charge on any atom is 0.309 e. The van der Waals surface area contributed by atoms with Crippen LogP contribution in [-0.4, -0.2) is 21.8 Å². The molecule has 0 heterocycles. The lowest BCUT2D eigenvalue weighted by Gasteiger charge is -2.57. The zero-order valence-electron chi connectivity index (χ0n) is 11.6. The molecule has 2 N–H and O–H groups in total. The number of aliphatic hydroxyl groups is 1. The van der Waals surface area contributed by atoms with Gasteiger partial charge in [-0.25, -0.2) is 0 Å². The summed E-state index contributed by atoms with van der Waals surface area (Å²) in [6.07, 6.45) is 5.27.